The smallest absolute Gasteiger partial charge is 0.302 e. The van der Waals surface area contributed by atoms with Crippen LogP contribution in [0.25, 0.3) is 22.3 Å². The Balaban J connectivity index is 2.21. The summed E-state index contributed by atoms with van der Waals surface area (Å²) in [4.78, 5) is 31.1. The third-order valence-electron chi connectivity index (χ3n) is 4.40. The molecule has 25 heavy (non-hydrogen) atoms. The maximum atomic E-state index is 12.4. The van der Waals surface area contributed by atoms with Gasteiger partial charge in [0.25, 0.3) is 5.56 Å². The number of carbonyl (C=O) groups excluding carboxylic acids is 1. The zero-order valence-electron chi connectivity index (χ0n) is 14.8. The fourth-order valence-electron chi connectivity index (χ4n) is 3.19. The van der Waals surface area contributed by atoms with Crippen molar-refractivity contribution in [3.63, 3.8) is 0 Å². The van der Waals surface area contributed by atoms with E-state index in [9.17, 15) is 9.59 Å². The largest absolute Gasteiger partial charge is 0.461 e. The molecule has 1 N–H and O–H groups in total. The first-order valence-electron chi connectivity index (χ1n) is 8.11. The minimum atomic E-state index is -0.321. The van der Waals surface area contributed by atoms with E-state index in [0.29, 0.717) is 16.7 Å². The maximum absolute atomic E-state index is 12.4. The highest BCUT2D eigenvalue weighted by atomic mass is 16.5. The van der Waals surface area contributed by atoms with E-state index < -0.39 is 0 Å². The Bertz CT molecular complexity index is 1040. The van der Waals surface area contributed by atoms with Crippen molar-refractivity contribution in [2.45, 2.75) is 34.3 Å². The summed E-state index contributed by atoms with van der Waals surface area (Å²) in [6.45, 7) is 7.53. The molecule has 0 aliphatic carbocycles. The molecule has 2 aromatic carbocycles. The molecule has 3 aromatic rings. The molecule has 3 rings (SSSR count). The second-order valence-electron chi connectivity index (χ2n) is 6.20. The predicted octanol–water partition coefficient (Wildman–Crippen LogP) is 3.58. The summed E-state index contributed by atoms with van der Waals surface area (Å²) < 4.78 is 5.18. The molecule has 5 nitrogen and oxygen atoms in total. The van der Waals surface area contributed by atoms with Crippen molar-refractivity contribution in [1.82, 2.24) is 9.97 Å². The van der Waals surface area contributed by atoms with Crippen LogP contribution in [0.2, 0.25) is 0 Å². The van der Waals surface area contributed by atoms with Crippen LogP contribution in [0.1, 0.15) is 29.2 Å². The lowest BCUT2D eigenvalue weighted by Gasteiger charge is -2.17. The molecule has 0 bridgehead atoms. The van der Waals surface area contributed by atoms with Gasteiger partial charge in [-0.15, -0.1) is 0 Å². The van der Waals surface area contributed by atoms with Crippen molar-refractivity contribution in [1.29, 1.82) is 0 Å². The topological polar surface area (TPSA) is 72.0 Å². The fraction of sp³-hybridized carbons (Fsp3) is 0.250. The van der Waals surface area contributed by atoms with Gasteiger partial charge < -0.3 is 9.72 Å². The molecule has 0 atom stereocenters. The molecule has 0 unspecified atom stereocenters. The molecular weight excluding hydrogens is 316 g/mol. The van der Waals surface area contributed by atoms with E-state index in [1.54, 1.807) is 6.07 Å². The van der Waals surface area contributed by atoms with E-state index >= 15 is 0 Å². The number of H-pyrrole nitrogens is 1. The van der Waals surface area contributed by atoms with Crippen LogP contribution in [0.4, 0.5) is 0 Å². The highest BCUT2D eigenvalue weighted by Gasteiger charge is 2.16. The van der Waals surface area contributed by atoms with Crippen molar-refractivity contribution >= 4 is 16.9 Å². The average Bonchev–Trinajstić information content (AvgIpc) is 2.54. The van der Waals surface area contributed by atoms with Crippen molar-refractivity contribution in [2.75, 3.05) is 0 Å². The average molecular weight is 336 g/mol. The fourth-order valence-corrected chi connectivity index (χ4v) is 3.19. The highest BCUT2D eigenvalue weighted by molar-refractivity contribution is 5.80. The summed E-state index contributed by atoms with van der Waals surface area (Å²) in [5.41, 5.74) is 5.31. The number of esters is 1. The SMILES string of the molecule is CC(=O)OCc1c(C)cc(C)c(-c2nc3ccccc3c(=O)[nH]2)c1C. The Labute approximate surface area is 145 Å². The van der Waals surface area contributed by atoms with Crippen molar-refractivity contribution in [2.24, 2.45) is 0 Å². The Kier molecular flexibility index (Phi) is 4.40. The lowest BCUT2D eigenvalue weighted by molar-refractivity contribution is -0.142. The first-order valence-corrected chi connectivity index (χ1v) is 8.11. The Hall–Kier alpha value is -2.95. The highest BCUT2D eigenvalue weighted by Crippen LogP contribution is 2.30. The molecule has 1 heterocycles. The number of nitrogens with one attached hydrogen (secondary N) is 1. The molecule has 0 aliphatic heterocycles. The van der Waals surface area contributed by atoms with Crippen LogP contribution < -0.4 is 5.56 Å². The number of benzene rings is 2. The van der Waals surface area contributed by atoms with Crippen LogP contribution in [0.15, 0.2) is 35.1 Å². The molecule has 128 valence electrons. The maximum Gasteiger partial charge on any atom is 0.302 e. The van der Waals surface area contributed by atoms with E-state index in [2.05, 4.69) is 9.97 Å². The number of aromatic amines is 1. The predicted molar refractivity (Wildman–Crippen MR) is 97.5 cm³/mol. The van der Waals surface area contributed by atoms with E-state index in [0.717, 1.165) is 27.8 Å². The second kappa shape index (κ2) is 6.51. The number of hydrogen-bond donors (Lipinski definition) is 1. The molecule has 5 heteroatoms. The minimum absolute atomic E-state index is 0.165. The van der Waals surface area contributed by atoms with Crippen LogP contribution in [0, 0.1) is 20.8 Å². The molecule has 0 spiro atoms. The quantitative estimate of drug-likeness (QED) is 0.742. The van der Waals surface area contributed by atoms with Gasteiger partial charge in [0.1, 0.15) is 12.4 Å². The second-order valence-corrected chi connectivity index (χ2v) is 6.20. The third-order valence-corrected chi connectivity index (χ3v) is 4.40. The first-order chi connectivity index (χ1) is 11.9. The van der Waals surface area contributed by atoms with Crippen LogP contribution in [-0.4, -0.2) is 15.9 Å². The summed E-state index contributed by atoms with van der Waals surface area (Å²) in [5.74, 6) is 0.209. The molecule has 0 radical (unpaired) electrons. The van der Waals surface area contributed by atoms with Crippen LogP contribution in [0.5, 0.6) is 0 Å². The summed E-state index contributed by atoms with van der Waals surface area (Å²) >= 11 is 0. The van der Waals surface area contributed by atoms with Gasteiger partial charge in [-0.1, -0.05) is 18.2 Å². The number of aryl methyl sites for hydroxylation is 2. The zero-order valence-corrected chi connectivity index (χ0v) is 14.8. The van der Waals surface area contributed by atoms with Crippen molar-refractivity contribution < 1.29 is 9.53 Å². The van der Waals surface area contributed by atoms with Gasteiger partial charge >= 0.3 is 5.97 Å². The van der Waals surface area contributed by atoms with Gasteiger partial charge in [0.2, 0.25) is 0 Å². The molecule has 0 saturated heterocycles. The number of hydrogen-bond acceptors (Lipinski definition) is 4. The summed E-state index contributed by atoms with van der Waals surface area (Å²) in [7, 11) is 0. The standard InChI is InChI=1S/C20H20N2O3/c1-11-9-12(2)18(13(3)16(11)10-25-14(4)23)19-21-17-8-6-5-7-15(17)20(24)22-19/h5-9H,10H2,1-4H3,(H,21,22,24). The monoisotopic (exact) mass is 336 g/mol. The van der Waals surface area contributed by atoms with E-state index in [-0.39, 0.29) is 18.1 Å². The number of nitrogens with zero attached hydrogens (tertiary/aromatic N) is 1. The molecule has 0 amide bonds. The number of aromatic nitrogens is 2. The van der Waals surface area contributed by atoms with Gasteiger partial charge in [-0.05, 0) is 55.2 Å². The van der Waals surface area contributed by atoms with Crippen molar-refractivity contribution in [3.8, 4) is 11.4 Å². The van der Waals surface area contributed by atoms with Gasteiger partial charge in [0.15, 0.2) is 0 Å². The summed E-state index contributed by atoms with van der Waals surface area (Å²) in [6, 6.07) is 9.28. The van der Waals surface area contributed by atoms with Gasteiger partial charge in [0.05, 0.1) is 10.9 Å². The summed E-state index contributed by atoms with van der Waals surface area (Å²) in [6.07, 6.45) is 0. The minimum Gasteiger partial charge on any atom is -0.461 e. The zero-order chi connectivity index (χ0) is 18.1. The van der Waals surface area contributed by atoms with Gasteiger partial charge in [-0.25, -0.2) is 4.98 Å². The van der Waals surface area contributed by atoms with E-state index in [1.165, 1.54) is 6.92 Å². The van der Waals surface area contributed by atoms with E-state index in [4.69, 9.17) is 4.74 Å². The van der Waals surface area contributed by atoms with Gasteiger partial charge in [-0.2, -0.15) is 0 Å². The molecule has 0 saturated carbocycles. The lowest BCUT2D eigenvalue weighted by atomic mass is 9.93. The number of ether oxygens (including phenoxy) is 1. The number of para-hydroxylation sites is 1. The number of carbonyl (C=O) groups is 1. The lowest BCUT2D eigenvalue weighted by Crippen LogP contribution is -2.11. The summed E-state index contributed by atoms with van der Waals surface area (Å²) in [5, 5.41) is 0.564. The van der Waals surface area contributed by atoms with Crippen LogP contribution in [-0.2, 0) is 16.1 Å². The number of rotatable bonds is 3. The van der Waals surface area contributed by atoms with Crippen molar-refractivity contribution in [3.05, 3.63) is 62.9 Å². The van der Waals surface area contributed by atoms with Gasteiger partial charge in [0, 0.05) is 12.5 Å². The molecule has 0 aliphatic rings. The third kappa shape index (κ3) is 3.18. The Morgan fingerprint density at radius 1 is 1.16 bits per heavy atom. The first kappa shape index (κ1) is 16.9. The normalized spacial score (nSPS) is 10.9. The molecule has 1 aromatic heterocycles. The van der Waals surface area contributed by atoms with Gasteiger partial charge in [-0.3, -0.25) is 9.59 Å². The Morgan fingerprint density at radius 3 is 2.60 bits per heavy atom. The van der Waals surface area contributed by atoms with Crippen LogP contribution >= 0.6 is 0 Å². The van der Waals surface area contributed by atoms with Crippen LogP contribution in [0.3, 0.4) is 0 Å². The molecular formula is C20H20N2O3. The van der Waals surface area contributed by atoms with E-state index in [1.807, 2.05) is 45.0 Å². The Morgan fingerprint density at radius 2 is 1.88 bits per heavy atom. The number of fused-ring (bicyclic) bond motifs is 1. The molecule has 0 fully saturated rings.